The molecule has 7 rings (SSSR count). The van der Waals surface area contributed by atoms with Crippen molar-refractivity contribution < 1.29 is 13.9 Å². The molecule has 0 unspecified atom stereocenters. The first-order chi connectivity index (χ1) is 18.9. The van der Waals surface area contributed by atoms with E-state index in [2.05, 4.69) is 31.5 Å². The van der Waals surface area contributed by atoms with Crippen LogP contribution < -0.4 is 15.5 Å². The van der Waals surface area contributed by atoms with Crippen LogP contribution >= 0.6 is 0 Å². The first kappa shape index (κ1) is 24.1. The van der Waals surface area contributed by atoms with Crippen LogP contribution in [0.5, 0.6) is 0 Å². The molecular weight excluding hydrogens is 497 g/mol. The molecule has 4 aromatic rings. The number of ether oxygens (including phenoxy) is 1. The summed E-state index contributed by atoms with van der Waals surface area (Å²) in [6, 6.07) is 10.8. The Balaban J connectivity index is 1.23. The van der Waals surface area contributed by atoms with Crippen molar-refractivity contribution in [1.29, 1.82) is 0 Å². The van der Waals surface area contributed by atoms with Crippen LogP contribution in [0.2, 0.25) is 0 Å². The lowest BCUT2D eigenvalue weighted by Gasteiger charge is -2.36. The summed E-state index contributed by atoms with van der Waals surface area (Å²) in [6.45, 7) is 3.58. The molecule has 1 amide bonds. The van der Waals surface area contributed by atoms with E-state index in [4.69, 9.17) is 9.72 Å². The van der Waals surface area contributed by atoms with E-state index in [0.29, 0.717) is 35.8 Å². The molecule has 10 heteroatoms. The Bertz CT molecular complexity index is 1610. The summed E-state index contributed by atoms with van der Waals surface area (Å²) in [5.41, 5.74) is 6.51. The van der Waals surface area contributed by atoms with Gasteiger partial charge in [0, 0.05) is 44.0 Å². The molecule has 1 spiro atoms. The number of morpholine rings is 1. The topological polar surface area (TPSA) is 87.0 Å². The number of carbonyl (C=O) groups is 1. The smallest absolute Gasteiger partial charge is 0.254 e. The molecule has 0 radical (unpaired) electrons. The average molecular weight is 528 g/mol. The normalized spacial score (nSPS) is 17.6. The second kappa shape index (κ2) is 9.03. The van der Waals surface area contributed by atoms with E-state index in [1.165, 1.54) is 12.1 Å². The number of hydrogen-bond acceptors (Lipinski definition) is 7. The van der Waals surface area contributed by atoms with E-state index >= 15 is 0 Å². The number of nitrogens with zero attached hydrogens (tertiary/aromatic N) is 5. The van der Waals surface area contributed by atoms with Gasteiger partial charge in [-0.2, -0.15) is 0 Å². The second-order valence-corrected chi connectivity index (χ2v) is 10.9. The van der Waals surface area contributed by atoms with E-state index in [1.807, 2.05) is 36.7 Å². The number of hydrogen-bond donors (Lipinski definition) is 2. The highest BCUT2D eigenvalue weighted by Gasteiger charge is 2.47. The van der Waals surface area contributed by atoms with Gasteiger partial charge in [-0.15, -0.1) is 0 Å². The number of anilines is 3. The molecule has 1 saturated carbocycles. The molecule has 5 heterocycles. The van der Waals surface area contributed by atoms with E-state index < -0.39 is 0 Å². The number of halogens is 1. The van der Waals surface area contributed by atoms with Crippen molar-refractivity contribution in [2.24, 2.45) is 0 Å². The van der Waals surface area contributed by atoms with Crippen LogP contribution in [0.15, 0.2) is 48.8 Å². The number of pyridine rings is 2. The van der Waals surface area contributed by atoms with Gasteiger partial charge in [0.05, 0.1) is 46.7 Å². The molecule has 1 aliphatic carbocycles. The van der Waals surface area contributed by atoms with Gasteiger partial charge < -0.3 is 25.2 Å². The van der Waals surface area contributed by atoms with Gasteiger partial charge in [0.15, 0.2) is 0 Å². The second-order valence-electron chi connectivity index (χ2n) is 10.9. The van der Waals surface area contributed by atoms with Crippen LogP contribution in [-0.4, -0.2) is 64.6 Å². The van der Waals surface area contributed by atoms with Gasteiger partial charge >= 0.3 is 0 Å². The molecule has 3 aromatic heterocycles. The van der Waals surface area contributed by atoms with Crippen LogP contribution in [0.25, 0.3) is 16.9 Å². The van der Waals surface area contributed by atoms with Gasteiger partial charge in [-0.05, 0) is 56.8 Å². The zero-order chi connectivity index (χ0) is 26.7. The number of aromatic nitrogens is 3. The molecule has 200 valence electrons. The first-order valence-corrected chi connectivity index (χ1v) is 13.3. The lowest BCUT2D eigenvalue weighted by molar-refractivity contribution is 0.0205. The molecule has 1 saturated heterocycles. The standard InChI is InChI=1S/C29H30FN7O2/c1-35(2)16-22-23(36-11-12-39-29(17-36)8-9-29)5-6-25(34-22)33-21-4-3-19(20-14-32-28(38)27(20)21)24-15-31-26-13-18(30)7-10-37(24)26/h3-7,10,13,15H,8-9,11-12,14,16-17H2,1-2H3,(H,32,38)(H,33,34). The summed E-state index contributed by atoms with van der Waals surface area (Å²) < 4.78 is 21.6. The van der Waals surface area contributed by atoms with Crippen molar-refractivity contribution in [2.75, 3.05) is 44.0 Å². The SMILES string of the molecule is CN(C)Cc1nc(Nc2ccc(-c3cnc4cc(F)ccn34)c3c2C(=O)NC3)ccc1N1CCOC2(CC2)C1. The van der Waals surface area contributed by atoms with Gasteiger partial charge in [0.25, 0.3) is 5.91 Å². The number of imidazole rings is 1. The predicted octanol–water partition coefficient (Wildman–Crippen LogP) is 3.95. The minimum absolute atomic E-state index is 0.0230. The maximum atomic E-state index is 13.7. The lowest BCUT2D eigenvalue weighted by atomic mass is 9.99. The summed E-state index contributed by atoms with van der Waals surface area (Å²) in [6.07, 6.45) is 5.61. The Kier molecular flexibility index (Phi) is 5.57. The minimum atomic E-state index is -0.339. The molecule has 39 heavy (non-hydrogen) atoms. The molecule has 9 nitrogen and oxygen atoms in total. The highest BCUT2D eigenvalue weighted by molar-refractivity contribution is 6.06. The fourth-order valence-corrected chi connectivity index (χ4v) is 5.74. The molecule has 3 aliphatic rings. The Morgan fingerprint density at radius 1 is 1.21 bits per heavy atom. The number of amides is 1. The summed E-state index contributed by atoms with van der Waals surface area (Å²) in [5.74, 6) is 0.210. The Morgan fingerprint density at radius 3 is 2.90 bits per heavy atom. The van der Waals surface area contributed by atoms with Crippen LogP contribution in [0.3, 0.4) is 0 Å². The maximum absolute atomic E-state index is 13.7. The van der Waals surface area contributed by atoms with Crippen molar-refractivity contribution in [2.45, 2.75) is 31.5 Å². The molecular formula is C29H30FN7O2. The number of carbonyl (C=O) groups excluding carboxylic acids is 1. The highest BCUT2D eigenvalue weighted by atomic mass is 19.1. The number of fused-ring (bicyclic) bond motifs is 2. The number of nitrogens with one attached hydrogen (secondary N) is 2. The largest absolute Gasteiger partial charge is 0.371 e. The molecule has 0 bridgehead atoms. The van der Waals surface area contributed by atoms with Crippen LogP contribution in [-0.2, 0) is 17.8 Å². The van der Waals surface area contributed by atoms with Crippen molar-refractivity contribution in [3.63, 3.8) is 0 Å². The zero-order valence-electron chi connectivity index (χ0n) is 22.0. The fourth-order valence-electron chi connectivity index (χ4n) is 5.74. The monoisotopic (exact) mass is 527 g/mol. The average Bonchev–Trinajstić information content (AvgIpc) is 3.33. The molecule has 2 fully saturated rings. The number of benzene rings is 1. The third kappa shape index (κ3) is 4.29. The van der Waals surface area contributed by atoms with E-state index in [1.54, 1.807) is 12.4 Å². The quantitative estimate of drug-likeness (QED) is 0.393. The summed E-state index contributed by atoms with van der Waals surface area (Å²) in [4.78, 5) is 26.9. The van der Waals surface area contributed by atoms with E-state index in [9.17, 15) is 9.18 Å². The van der Waals surface area contributed by atoms with Crippen molar-refractivity contribution in [3.05, 3.63) is 71.4 Å². The fraction of sp³-hybridized carbons (Fsp3) is 0.345. The molecule has 2 aliphatic heterocycles. The Morgan fingerprint density at radius 2 is 2.08 bits per heavy atom. The number of rotatable bonds is 6. The Labute approximate surface area is 225 Å². The highest BCUT2D eigenvalue weighted by Crippen LogP contribution is 2.43. The van der Waals surface area contributed by atoms with E-state index in [0.717, 1.165) is 60.7 Å². The Hall–Kier alpha value is -4.02. The van der Waals surface area contributed by atoms with Crippen molar-refractivity contribution in [1.82, 2.24) is 24.6 Å². The third-order valence-corrected chi connectivity index (χ3v) is 7.79. The van der Waals surface area contributed by atoms with Gasteiger partial charge in [-0.3, -0.25) is 9.20 Å². The molecule has 2 N–H and O–H groups in total. The van der Waals surface area contributed by atoms with Crippen molar-refractivity contribution in [3.8, 4) is 11.3 Å². The summed E-state index contributed by atoms with van der Waals surface area (Å²) >= 11 is 0. The minimum Gasteiger partial charge on any atom is -0.371 e. The van der Waals surface area contributed by atoms with Gasteiger partial charge in [0.2, 0.25) is 0 Å². The van der Waals surface area contributed by atoms with Crippen molar-refractivity contribution >= 4 is 28.7 Å². The molecule has 0 atom stereocenters. The van der Waals surface area contributed by atoms with Crippen LogP contribution in [0, 0.1) is 5.82 Å². The van der Waals surface area contributed by atoms with E-state index in [-0.39, 0.29) is 17.3 Å². The summed E-state index contributed by atoms with van der Waals surface area (Å²) in [7, 11) is 4.08. The third-order valence-electron chi connectivity index (χ3n) is 7.79. The first-order valence-electron chi connectivity index (χ1n) is 13.3. The molecule has 1 aromatic carbocycles. The lowest BCUT2D eigenvalue weighted by Crippen LogP contribution is -2.44. The zero-order valence-corrected chi connectivity index (χ0v) is 22.0. The van der Waals surface area contributed by atoms with Gasteiger partial charge in [-0.1, -0.05) is 6.07 Å². The van der Waals surface area contributed by atoms with Crippen LogP contribution in [0.1, 0.15) is 34.5 Å². The summed E-state index contributed by atoms with van der Waals surface area (Å²) in [5, 5.41) is 6.38. The van der Waals surface area contributed by atoms with Crippen LogP contribution in [0.4, 0.5) is 21.6 Å². The van der Waals surface area contributed by atoms with Gasteiger partial charge in [-0.25, -0.2) is 14.4 Å². The predicted molar refractivity (Wildman–Crippen MR) is 147 cm³/mol. The maximum Gasteiger partial charge on any atom is 0.254 e. The van der Waals surface area contributed by atoms with Gasteiger partial charge in [0.1, 0.15) is 17.3 Å².